The van der Waals surface area contributed by atoms with E-state index in [-0.39, 0.29) is 5.91 Å². The maximum Gasteiger partial charge on any atom is 0.490 e. The normalized spacial score (nSPS) is 19.3. The van der Waals surface area contributed by atoms with E-state index in [9.17, 15) is 18.0 Å². The molecule has 1 atom stereocenters. The van der Waals surface area contributed by atoms with Gasteiger partial charge < -0.3 is 15.2 Å². The first kappa shape index (κ1) is 25.1. The second-order valence-corrected chi connectivity index (χ2v) is 8.61. The zero-order valence-electron chi connectivity index (χ0n) is 17.8. The van der Waals surface area contributed by atoms with E-state index in [1.807, 2.05) is 6.20 Å². The van der Waals surface area contributed by atoms with Crippen molar-refractivity contribution in [2.45, 2.75) is 38.0 Å². The largest absolute Gasteiger partial charge is 0.490 e. The molecule has 9 nitrogen and oxygen atoms in total. The van der Waals surface area contributed by atoms with Gasteiger partial charge in [0.25, 0.3) is 5.91 Å². The topological polar surface area (TPSA) is 110 Å². The second-order valence-electron chi connectivity index (χ2n) is 7.89. The molecule has 0 bridgehead atoms. The number of nitrogens with zero attached hydrogens (tertiary/aromatic N) is 4. The van der Waals surface area contributed by atoms with Crippen molar-refractivity contribution in [1.29, 1.82) is 0 Å². The van der Waals surface area contributed by atoms with Crippen molar-refractivity contribution in [3.63, 3.8) is 0 Å². The number of carboxylic acids is 1. The van der Waals surface area contributed by atoms with E-state index in [0.29, 0.717) is 18.3 Å². The number of carbonyl (C=O) groups excluding carboxylic acids is 1. The van der Waals surface area contributed by atoms with Crippen LogP contribution in [0, 0.1) is 5.92 Å². The molecule has 1 amide bonds. The molecule has 0 radical (unpaired) electrons. The molecule has 2 aromatic rings. The number of aliphatic carboxylic acids is 1. The lowest BCUT2D eigenvalue weighted by atomic mass is 9.98. The number of fused-ring (bicyclic) bond motifs is 1. The van der Waals surface area contributed by atoms with Crippen molar-refractivity contribution >= 4 is 23.2 Å². The Balaban J connectivity index is 0.000000383. The standard InChI is InChI=1S/C18H25N5O2S.C2HF3O2/c24-18(17-12-26-13-20-17)19-5-1-15-10-22(9-14-3-7-25-8-4-14)11-16-2-6-21-23(15)16;3-2(4,5)1(6)7/h2,6,12-15H,1,3-5,7-11H2,(H,19,24);(H,6,7). The highest BCUT2D eigenvalue weighted by Crippen LogP contribution is 2.25. The van der Waals surface area contributed by atoms with Gasteiger partial charge in [0.2, 0.25) is 0 Å². The van der Waals surface area contributed by atoms with Crippen LogP contribution in [0.3, 0.4) is 0 Å². The number of ether oxygens (including phenoxy) is 1. The first-order chi connectivity index (χ1) is 15.7. The molecule has 0 saturated carbocycles. The fraction of sp³-hybridized carbons (Fsp3) is 0.600. The van der Waals surface area contributed by atoms with E-state index >= 15 is 0 Å². The summed E-state index contributed by atoms with van der Waals surface area (Å²) in [5.41, 5.74) is 3.44. The van der Waals surface area contributed by atoms with Crippen molar-refractivity contribution in [2.24, 2.45) is 5.92 Å². The van der Waals surface area contributed by atoms with Crippen molar-refractivity contribution < 1.29 is 32.6 Å². The lowest BCUT2D eigenvalue weighted by Crippen LogP contribution is -2.42. The van der Waals surface area contributed by atoms with E-state index in [4.69, 9.17) is 14.6 Å². The molecule has 2 aliphatic rings. The molecule has 0 aliphatic carbocycles. The number of aromatic nitrogens is 3. The molecular formula is C20H26F3N5O4S. The number of nitrogens with one attached hydrogen (secondary N) is 1. The molecule has 0 spiro atoms. The van der Waals surface area contributed by atoms with Crippen molar-refractivity contribution in [3.05, 3.63) is 34.5 Å². The van der Waals surface area contributed by atoms with Gasteiger partial charge in [0.15, 0.2) is 0 Å². The summed E-state index contributed by atoms with van der Waals surface area (Å²) in [5, 5.41) is 16.4. The third kappa shape index (κ3) is 7.51. The summed E-state index contributed by atoms with van der Waals surface area (Å²) in [4.78, 5) is 27.6. The summed E-state index contributed by atoms with van der Waals surface area (Å²) in [7, 11) is 0. The average Bonchev–Trinajstić information content (AvgIpc) is 3.46. The van der Waals surface area contributed by atoms with Gasteiger partial charge in [-0.1, -0.05) is 0 Å². The minimum atomic E-state index is -5.08. The second kappa shape index (κ2) is 11.6. The Morgan fingerprint density at radius 2 is 2.03 bits per heavy atom. The Morgan fingerprint density at radius 1 is 1.30 bits per heavy atom. The predicted octanol–water partition coefficient (Wildman–Crippen LogP) is 2.58. The van der Waals surface area contributed by atoms with Crippen LogP contribution in [-0.4, -0.2) is 75.7 Å². The van der Waals surface area contributed by atoms with Crippen molar-refractivity contribution in [2.75, 3.05) is 32.8 Å². The van der Waals surface area contributed by atoms with Gasteiger partial charge in [-0.05, 0) is 31.2 Å². The molecule has 182 valence electrons. The zero-order valence-corrected chi connectivity index (χ0v) is 18.6. The maximum absolute atomic E-state index is 12.1. The molecule has 2 aromatic heterocycles. The third-order valence-electron chi connectivity index (χ3n) is 5.48. The van der Waals surface area contributed by atoms with Gasteiger partial charge in [0.1, 0.15) is 5.69 Å². The lowest BCUT2D eigenvalue weighted by molar-refractivity contribution is -0.192. The Kier molecular flexibility index (Phi) is 8.80. The number of halogens is 3. The number of amides is 1. The fourth-order valence-corrected chi connectivity index (χ4v) is 4.41. The highest BCUT2D eigenvalue weighted by Gasteiger charge is 2.38. The van der Waals surface area contributed by atoms with Crippen LogP contribution in [0.5, 0.6) is 0 Å². The molecule has 1 fully saturated rings. The summed E-state index contributed by atoms with van der Waals surface area (Å²) in [6, 6.07) is 2.40. The molecular weight excluding hydrogens is 463 g/mol. The summed E-state index contributed by atoms with van der Waals surface area (Å²) in [6.07, 6.45) is -0.0166. The number of thiazole rings is 1. The number of hydrogen-bond acceptors (Lipinski definition) is 7. The minimum Gasteiger partial charge on any atom is -0.475 e. The average molecular weight is 490 g/mol. The van der Waals surface area contributed by atoms with E-state index in [1.54, 1.807) is 10.9 Å². The Bertz CT molecular complexity index is 900. The number of hydrogen-bond donors (Lipinski definition) is 2. The Hall–Kier alpha value is -2.51. The summed E-state index contributed by atoms with van der Waals surface area (Å²) in [6.45, 7) is 5.48. The van der Waals surface area contributed by atoms with E-state index in [2.05, 4.69) is 31.0 Å². The molecule has 1 saturated heterocycles. The summed E-state index contributed by atoms with van der Waals surface area (Å²) >= 11 is 1.44. The first-order valence-corrected chi connectivity index (χ1v) is 11.5. The predicted molar refractivity (Wildman–Crippen MR) is 113 cm³/mol. The van der Waals surface area contributed by atoms with Gasteiger partial charge in [-0.2, -0.15) is 18.3 Å². The van der Waals surface area contributed by atoms with Crippen LogP contribution in [0.15, 0.2) is 23.2 Å². The van der Waals surface area contributed by atoms with Crippen LogP contribution in [0.4, 0.5) is 13.2 Å². The van der Waals surface area contributed by atoms with E-state index < -0.39 is 12.1 Å². The van der Waals surface area contributed by atoms with Gasteiger partial charge in [-0.3, -0.25) is 14.4 Å². The molecule has 4 rings (SSSR count). The van der Waals surface area contributed by atoms with Crippen LogP contribution in [-0.2, 0) is 16.1 Å². The summed E-state index contributed by atoms with van der Waals surface area (Å²) in [5.74, 6) is -2.13. The van der Waals surface area contributed by atoms with Gasteiger partial charge in [-0.15, -0.1) is 11.3 Å². The quantitative estimate of drug-likeness (QED) is 0.642. The third-order valence-corrected chi connectivity index (χ3v) is 6.07. The SMILES string of the molecule is O=C(NCCC1CN(CC2CCOCC2)Cc2ccnn21)c1cscn1.O=C(O)C(F)(F)F. The Morgan fingerprint density at radius 3 is 2.67 bits per heavy atom. The smallest absolute Gasteiger partial charge is 0.475 e. The first-order valence-electron chi connectivity index (χ1n) is 10.5. The minimum absolute atomic E-state index is 0.0955. The van der Waals surface area contributed by atoms with Gasteiger partial charge in [0, 0.05) is 51.0 Å². The van der Waals surface area contributed by atoms with Gasteiger partial charge >= 0.3 is 12.1 Å². The fourth-order valence-electron chi connectivity index (χ4n) is 3.88. The molecule has 13 heteroatoms. The summed E-state index contributed by atoms with van der Waals surface area (Å²) < 4.78 is 39.4. The number of alkyl halides is 3. The van der Waals surface area contributed by atoms with Crippen molar-refractivity contribution in [3.8, 4) is 0 Å². The number of rotatable bonds is 6. The van der Waals surface area contributed by atoms with Crippen LogP contribution in [0.1, 0.15) is 41.5 Å². The molecule has 2 N–H and O–H groups in total. The van der Waals surface area contributed by atoms with Crippen molar-refractivity contribution in [1.82, 2.24) is 25.0 Å². The Labute approximate surface area is 192 Å². The van der Waals surface area contributed by atoms with Crippen LogP contribution < -0.4 is 5.32 Å². The molecule has 4 heterocycles. The number of carbonyl (C=O) groups is 2. The lowest BCUT2D eigenvalue weighted by Gasteiger charge is -2.36. The zero-order chi connectivity index (χ0) is 23.8. The highest BCUT2D eigenvalue weighted by atomic mass is 32.1. The van der Waals surface area contributed by atoms with Crippen LogP contribution >= 0.6 is 11.3 Å². The highest BCUT2D eigenvalue weighted by molar-refractivity contribution is 7.07. The van der Waals surface area contributed by atoms with Crippen LogP contribution in [0.2, 0.25) is 0 Å². The maximum atomic E-state index is 12.1. The monoisotopic (exact) mass is 489 g/mol. The number of carboxylic acid groups (broad SMARTS) is 1. The van der Waals surface area contributed by atoms with Crippen LogP contribution in [0.25, 0.3) is 0 Å². The van der Waals surface area contributed by atoms with E-state index in [1.165, 1.54) is 17.0 Å². The van der Waals surface area contributed by atoms with Gasteiger partial charge in [0.05, 0.1) is 17.2 Å². The van der Waals surface area contributed by atoms with E-state index in [0.717, 1.165) is 58.0 Å². The van der Waals surface area contributed by atoms with Gasteiger partial charge in [-0.25, -0.2) is 9.78 Å². The molecule has 33 heavy (non-hydrogen) atoms. The molecule has 2 aliphatic heterocycles. The molecule has 1 unspecified atom stereocenters. The molecule has 0 aromatic carbocycles.